The van der Waals surface area contributed by atoms with E-state index in [0.29, 0.717) is 34.0 Å². The van der Waals surface area contributed by atoms with Crippen molar-refractivity contribution in [3.8, 4) is 0 Å². The number of aromatic nitrogens is 2. The summed E-state index contributed by atoms with van der Waals surface area (Å²) in [6, 6.07) is 1.48. The second-order valence-corrected chi connectivity index (χ2v) is 8.35. The number of nitrogens with zero attached hydrogens (tertiary/aromatic N) is 3. The van der Waals surface area contributed by atoms with E-state index in [1.165, 1.54) is 29.7 Å². The molecule has 0 atom stereocenters. The lowest BCUT2D eigenvalue weighted by atomic mass is 10.2. The molecule has 2 heterocycles. The second-order valence-electron chi connectivity index (χ2n) is 6.04. The lowest BCUT2D eigenvalue weighted by Crippen LogP contribution is -2.22. The van der Waals surface area contributed by atoms with Gasteiger partial charge in [-0.25, -0.2) is 14.5 Å². The SMILES string of the molecule is CC(=C(CCOP(=O)(O)O)SC(=O)c1ccoc1)N(C=O)Cc1cnc(C)nc1N. The average Bonchev–Trinajstić information content (AvgIpc) is 3.20. The number of nitrogens with two attached hydrogens (primary N) is 1. The maximum absolute atomic E-state index is 12.5. The molecule has 0 aliphatic carbocycles. The van der Waals surface area contributed by atoms with Gasteiger partial charge < -0.3 is 24.8 Å². The normalized spacial score (nSPS) is 12.4. The van der Waals surface area contributed by atoms with Gasteiger partial charge in [-0.1, -0.05) is 0 Å². The van der Waals surface area contributed by atoms with Gasteiger partial charge in [-0.2, -0.15) is 0 Å². The minimum absolute atomic E-state index is 0.0184. The number of carbonyl (C=O) groups is 2. The van der Waals surface area contributed by atoms with Crippen LogP contribution in [0.4, 0.5) is 5.82 Å². The maximum Gasteiger partial charge on any atom is 0.469 e. The lowest BCUT2D eigenvalue weighted by molar-refractivity contribution is -0.116. The van der Waals surface area contributed by atoms with Crippen LogP contribution in [-0.4, -0.2) is 42.8 Å². The van der Waals surface area contributed by atoms with Gasteiger partial charge in [0, 0.05) is 28.8 Å². The molecule has 0 fully saturated rings. The minimum atomic E-state index is -4.68. The number of hydrogen-bond donors (Lipinski definition) is 3. The van der Waals surface area contributed by atoms with Crippen LogP contribution in [0.3, 0.4) is 0 Å². The van der Waals surface area contributed by atoms with E-state index in [4.69, 9.17) is 19.9 Å². The van der Waals surface area contributed by atoms with Gasteiger partial charge in [0.1, 0.15) is 17.9 Å². The number of anilines is 1. The summed E-state index contributed by atoms with van der Waals surface area (Å²) >= 11 is 0.807. The third-order valence-corrected chi connectivity index (χ3v) is 5.57. The monoisotopic (exact) mass is 456 g/mol. The van der Waals surface area contributed by atoms with Crippen molar-refractivity contribution in [2.24, 2.45) is 0 Å². The van der Waals surface area contributed by atoms with Crippen molar-refractivity contribution in [2.75, 3.05) is 12.3 Å². The molecule has 0 unspecified atom stereocenters. The highest BCUT2D eigenvalue weighted by Crippen LogP contribution is 2.37. The molecule has 30 heavy (non-hydrogen) atoms. The molecule has 13 heteroatoms. The van der Waals surface area contributed by atoms with Crippen molar-refractivity contribution < 1.29 is 32.9 Å². The zero-order chi connectivity index (χ0) is 22.3. The Kier molecular flexibility index (Phi) is 8.33. The molecule has 4 N–H and O–H groups in total. The number of aryl methyl sites for hydroxylation is 1. The molecule has 0 aliphatic rings. The van der Waals surface area contributed by atoms with E-state index in [1.54, 1.807) is 13.8 Å². The molecule has 0 saturated carbocycles. The summed E-state index contributed by atoms with van der Waals surface area (Å²) in [5.74, 6) is 0.702. The summed E-state index contributed by atoms with van der Waals surface area (Å²) in [5.41, 5.74) is 7.08. The fourth-order valence-corrected chi connectivity index (χ4v) is 3.56. The Morgan fingerprint density at radius 2 is 2.20 bits per heavy atom. The first-order valence-corrected chi connectivity index (χ1v) is 10.9. The molecule has 2 aromatic heterocycles. The van der Waals surface area contributed by atoms with Gasteiger partial charge in [0.25, 0.3) is 0 Å². The summed E-state index contributed by atoms with van der Waals surface area (Å²) in [7, 11) is -4.68. The molecule has 0 radical (unpaired) electrons. The van der Waals surface area contributed by atoms with Gasteiger partial charge in [0.15, 0.2) is 0 Å². The Balaban J connectivity index is 2.28. The van der Waals surface area contributed by atoms with Crippen LogP contribution in [0.5, 0.6) is 0 Å². The summed E-state index contributed by atoms with van der Waals surface area (Å²) in [5, 5.41) is -0.363. The van der Waals surface area contributed by atoms with E-state index in [1.807, 2.05) is 0 Å². The third-order valence-electron chi connectivity index (χ3n) is 3.88. The van der Waals surface area contributed by atoms with Crippen LogP contribution < -0.4 is 5.73 Å². The highest BCUT2D eigenvalue weighted by Gasteiger charge is 2.20. The number of furan rings is 1. The maximum atomic E-state index is 12.5. The fraction of sp³-hybridized carbons (Fsp3) is 0.294. The van der Waals surface area contributed by atoms with E-state index in [0.717, 1.165) is 11.8 Å². The van der Waals surface area contributed by atoms with Gasteiger partial charge in [-0.3, -0.25) is 14.1 Å². The number of amides is 1. The van der Waals surface area contributed by atoms with Crippen molar-refractivity contribution >= 4 is 36.9 Å². The number of phosphoric acid groups is 1. The van der Waals surface area contributed by atoms with Crippen LogP contribution in [0.1, 0.15) is 35.1 Å². The van der Waals surface area contributed by atoms with E-state index in [9.17, 15) is 14.2 Å². The summed E-state index contributed by atoms with van der Waals surface area (Å²) < 4.78 is 20.4. The molecule has 11 nitrogen and oxygen atoms in total. The third kappa shape index (κ3) is 7.08. The number of hydrogen-bond acceptors (Lipinski definition) is 9. The molecular weight excluding hydrogens is 435 g/mol. The van der Waals surface area contributed by atoms with Gasteiger partial charge in [0.2, 0.25) is 11.5 Å². The Bertz CT molecular complexity index is 974. The largest absolute Gasteiger partial charge is 0.472 e. The average molecular weight is 456 g/mol. The Morgan fingerprint density at radius 3 is 2.77 bits per heavy atom. The van der Waals surface area contributed by atoms with Gasteiger partial charge in [0.05, 0.1) is 25.0 Å². The molecule has 2 aromatic rings. The summed E-state index contributed by atoms with van der Waals surface area (Å²) in [4.78, 5) is 51.8. The van der Waals surface area contributed by atoms with Crippen molar-refractivity contribution in [1.82, 2.24) is 14.9 Å². The Hall–Kier alpha value is -2.50. The lowest BCUT2D eigenvalue weighted by Gasteiger charge is -2.22. The molecule has 1 amide bonds. The van der Waals surface area contributed by atoms with E-state index in [-0.39, 0.29) is 30.5 Å². The number of carbonyl (C=O) groups excluding carboxylic acids is 2. The van der Waals surface area contributed by atoms with Gasteiger partial charge >= 0.3 is 7.82 Å². The number of thioether (sulfide) groups is 1. The van der Waals surface area contributed by atoms with Gasteiger partial charge in [-0.15, -0.1) is 0 Å². The Labute approximate surface area is 176 Å². The highest BCUT2D eigenvalue weighted by molar-refractivity contribution is 8.17. The molecule has 0 spiro atoms. The predicted octanol–water partition coefficient (Wildman–Crippen LogP) is 2.22. The fourth-order valence-electron chi connectivity index (χ4n) is 2.33. The zero-order valence-electron chi connectivity index (χ0n) is 16.2. The zero-order valence-corrected chi connectivity index (χ0v) is 17.9. The van der Waals surface area contributed by atoms with Crippen LogP contribution in [0, 0.1) is 6.92 Å². The molecular formula is C17H21N4O7PS. The molecule has 2 rings (SSSR count). The highest BCUT2D eigenvalue weighted by atomic mass is 32.2. The standard InChI is InChI=1S/C17H21N4O7PS/c1-11(21(10-22)8-14-7-19-12(2)20-16(14)18)15(4-6-28-29(24,25)26)30-17(23)13-3-5-27-9-13/h3,5,7,9-10H,4,6,8H2,1-2H3,(H2,18,19,20)(H2,24,25,26). The van der Waals surface area contributed by atoms with E-state index in [2.05, 4.69) is 14.5 Å². The van der Waals surface area contributed by atoms with Crippen LogP contribution >= 0.6 is 19.6 Å². The van der Waals surface area contributed by atoms with Crippen LogP contribution in [0.15, 0.2) is 39.8 Å². The number of allylic oxidation sites excluding steroid dienone is 1. The van der Waals surface area contributed by atoms with E-state index >= 15 is 0 Å². The first-order valence-electron chi connectivity index (χ1n) is 8.55. The second kappa shape index (κ2) is 10.5. The number of nitrogen functional groups attached to an aromatic ring is 1. The first kappa shape index (κ1) is 23.8. The molecule has 162 valence electrons. The minimum Gasteiger partial charge on any atom is -0.472 e. The van der Waals surface area contributed by atoms with Crippen molar-refractivity contribution in [1.29, 1.82) is 0 Å². The quantitative estimate of drug-likeness (QED) is 0.354. The molecule has 0 saturated heterocycles. The van der Waals surface area contributed by atoms with E-state index < -0.39 is 7.82 Å². The topological polar surface area (TPSA) is 169 Å². The number of rotatable bonds is 10. The van der Waals surface area contributed by atoms with Crippen molar-refractivity contribution in [2.45, 2.75) is 26.8 Å². The first-order chi connectivity index (χ1) is 14.1. The summed E-state index contributed by atoms with van der Waals surface area (Å²) in [6.45, 7) is 2.97. The smallest absolute Gasteiger partial charge is 0.469 e. The molecule has 0 aromatic carbocycles. The predicted molar refractivity (Wildman–Crippen MR) is 109 cm³/mol. The van der Waals surface area contributed by atoms with Crippen molar-refractivity contribution in [3.63, 3.8) is 0 Å². The van der Waals surface area contributed by atoms with Crippen LogP contribution in [-0.2, 0) is 20.4 Å². The van der Waals surface area contributed by atoms with Crippen LogP contribution in [0.2, 0.25) is 0 Å². The van der Waals surface area contributed by atoms with Gasteiger partial charge in [-0.05, 0) is 31.7 Å². The Morgan fingerprint density at radius 1 is 1.47 bits per heavy atom. The van der Waals surface area contributed by atoms with Crippen LogP contribution in [0.25, 0.3) is 0 Å². The van der Waals surface area contributed by atoms with Crippen molar-refractivity contribution in [3.05, 3.63) is 52.3 Å². The number of phosphoric ester groups is 1. The molecule has 0 bridgehead atoms. The molecule has 0 aliphatic heterocycles. The summed E-state index contributed by atoms with van der Waals surface area (Å²) in [6.07, 6.45) is 4.66.